The van der Waals surface area contributed by atoms with Crippen LogP contribution in [0, 0.1) is 23.0 Å². The van der Waals surface area contributed by atoms with Gasteiger partial charge >= 0.3 is 11.9 Å². The summed E-state index contributed by atoms with van der Waals surface area (Å²) in [4.78, 5) is 50.5. The van der Waals surface area contributed by atoms with Crippen molar-refractivity contribution in [3.63, 3.8) is 0 Å². The van der Waals surface area contributed by atoms with E-state index in [1.807, 2.05) is 53.7 Å². The molecule has 0 saturated carbocycles. The maximum atomic E-state index is 13.5. The second kappa shape index (κ2) is 20.8. The van der Waals surface area contributed by atoms with Crippen LogP contribution in [0.1, 0.15) is 103 Å². The lowest BCUT2D eigenvalue weighted by Gasteiger charge is -2.19. The third-order valence-corrected chi connectivity index (χ3v) is 9.69. The van der Waals surface area contributed by atoms with Crippen molar-refractivity contribution in [3.8, 4) is 17.4 Å². The highest BCUT2D eigenvalue weighted by atomic mass is 19.1. The Labute approximate surface area is 364 Å². The lowest BCUT2D eigenvalue weighted by Crippen LogP contribution is -2.24. The Morgan fingerprint density at radius 3 is 1.49 bits per heavy atom. The van der Waals surface area contributed by atoms with E-state index in [-0.39, 0.29) is 34.7 Å². The summed E-state index contributed by atoms with van der Waals surface area (Å²) in [6.07, 6.45) is 5.54. The van der Waals surface area contributed by atoms with E-state index in [9.17, 15) is 33.2 Å². The van der Waals surface area contributed by atoms with E-state index in [4.69, 9.17) is 14.7 Å². The maximum Gasteiger partial charge on any atom is 0.306 e. The van der Waals surface area contributed by atoms with Gasteiger partial charge in [-0.3, -0.25) is 28.3 Å². The van der Waals surface area contributed by atoms with Gasteiger partial charge in [0.05, 0.1) is 17.8 Å². The molecule has 0 amide bonds. The number of carbonyl (C=O) groups excluding carboxylic acids is 2. The third-order valence-electron chi connectivity index (χ3n) is 9.69. The minimum absolute atomic E-state index is 0.219. The number of hydrogen-bond acceptors (Lipinski definition) is 9. The number of halogens is 2. The average molecular weight is 859 g/mol. The third kappa shape index (κ3) is 13.3. The van der Waals surface area contributed by atoms with Crippen LogP contribution in [0.5, 0.6) is 0 Å². The monoisotopic (exact) mass is 858 g/mol. The molecule has 0 radical (unpaired) electrons. The van der Waals surface area contributed by atoms with Gasteiger partial charge in [0.15, 0.2) is 0 Å². The fourth-order valence-electron chi connectivity index (χ4n) is 7.03. The predicted octanol–water partition coefficient (Wildman–Crippen LogP) is 10.0. The molecule has 1 N–H and O–H groups in total. The van der Waals surface area contributed by atoms with Crippen LogP contribution >= 0.6 is 0 Å². The Hall–Kier alpha value is -6.94. The van der Waals surface area contributed by atoms with Crippen LogP contribution in [0.15, 0.2) is 112 Å². The smallest absolute Gasteiger partial charge is 0.306 e. The molecule has 4 aromatic carbocycles. The van der Waals surface area contributed by atoms with Crippen molar-refractivity contribution in [1.82, 2.24) is 9.13 Å². The molecule has 13 heteroatoms. The summed E-state index contributed by atoms with van der Waals surface area (Å²) in [5.41, 5.74) is 2.28. The Kier molecular flexibility index (Phi) is 15.5. The molecule has 0 fully saturated rings. The normalized spacial score (nSPS) is 11.6. The number of fused-ring (bicyclic) bond motifs is 2. The van der Waals surface area contributed by atoms with E-state index in [2.05, 4.69) is 11.2 Å². The zero-order valence-electron chi connectivity index (χ0n) is 36.4. The molecule has 6 aromatic rings. The van der Waals surface area contributed by atoms with E-state index in [1.54, 1.807) is 69.8 Å². The van der Waals surface area contributed by atoms with Crippen LogP contribution in [0.2, 0.25) is 0 Å². The molecule has 328 valence electrons. The Bertz CT molecular complexity index is 2770. The van der Waals surface area contributed by atoms with Gasteiger partial charge in [-0.15, -0.1) is 0 Å². The predicted molar refractivity (Wildman–Crippen MR) is 240 cm³/mol. The van der Waals surface area contributed by atoms with Gasteiger partial charge in [-0.25, -0.2) is 8.78 Å². The standard InChI is InChI=1S/C25H27FN2O4.C25H25FN2O3/c1-25(2,3)32-23(29)7-5-4-6-21-15-18-14-17(16-27-31)8-13-22(18)24(30)28(21)20-11-9-19(26)10-12-20;1-25(2,3)31-23(29)7-5-4-6-21-15-18-14-17(16-27)8-13-22(18)24(30)28(21)20-11-9-19(26)10-12-20/h8-16,31H,4-7H2,1-3H3;8-15H,4-7H2,1-3H3/b27-16+;. The van der Waals surface area contributed by atoms with Crippen LogP contribution in [0.4, 0.5) is 8.78 Å². The number of benzene rings is 4. The summed E-state index contributed by atoms with van der Waals surface area (Å²) in [5.74, 6) is -1.26. The zero-order chi connectivity index (χ0) is 45.9. The number of esters is 2. The number of oxime groups is 1. The molecule has 0 spiro atoms. The summed E-state index contributed by atoms with van der Waals surface area (Å²) >= 11 is 0. The van der Waals surface area contributed by atoms with E-state index in [0.29, 0.717) is 95.4 Å². The van der Waals surface area contributed by atoms with Crippen molar-refractivity contribution >= 4 is 39.7 Å². The molecule has 6 rings (SSSR count). The first kappa shape index (κ1) is 47.1. The minimum atomic E-state index is -0.520. The second-order valence-electron chi connectivity index (χ2n) is 17.1. The number of unbranched alkanes of at least 4 members (excludes halogenated alkanes) is 2. The van der Waals surface area contributed by atoms with Gasteiger partial charge in [0.25, 0.3) is 11.1 Å². The van der Waals surface area contributed by atoms with Gasteiger partial charge < -0.3 is 14.7 Å². The van der Waals surface area contributed by atoms with Gasteiger partial charge in [-0.1, -0.05) is 11.2 Å². The van der Waals surface area contributed by atoms with Gasteiger partial charge in [0.2, 0.25) is 0 Å². The topological polar surface area (TPSA) is 153 Å². The zero-order valence-corrected chi connectivity index (χ0v) is 36.4. The Morgan fingerprint density at radius 2 is 1.08 bits per heavy atom. The number of hydrogen-bond donors (Lipinski definition) is 1. The highest BCUT2D eigenvalue weighted by molar-refractivity contribution is 5.90. The van der Waals surface area contributed by atoms with Gasteiger partial charge in [0, 0.05) is 46.4 Å². The summed E-state index contributed by atoms with van der Waals surface area (Å²) in [6, 6.07) is 27.5. The quantitative estimate of drug-likeness (QED) is 0.0396. The number of aryl methyl sites for hydroxylation is 2. The molecule has 0 aliphatic heterocycles. The molecule has 0 atom stereocenters. The highest BCUT2D eigenvalue weighted by Gasteiger charge is 2.18. The van der Waals surface area contributed by atoms with E-state index in [0.717, 1.165) is 11.4 Å². The number of nitriles is 1. The number of nitrogens with zero attached hydrogens (tertiary/aromatic N) is 4. The first-order valence-corrected chi connectivity index (χ1v) is 20.8. The van der Waals surface area contributed by atoms with Crippen LogP contribution in [0.25, 0.3) is 32.9 Å². The molecule has 63 heavy (non-hydrogen) atoms. The van der Waals surface area contributed by atoms with Crippen molar-refractivity contribution in [2.75, 3.05) is 0 Å². The first-order chi connectivity index (χ1) is 29.8. The van der Waals surface area contributed by atoms with Crippen molar-refractivity contribution in [1.29, 1.82) is 5.26 Å². The Morgan fingerprint density at radius 1 is 0.651 bits per heavy atom. The average Bonchev–Trinajstić information content (AvgIpc) is 3.21. The number of rotatable bonds is 13. The fraction of sp³-hybridized carbons (Fsp3) is 0.320. The summed E-state index contributed by atoms with van der Waals surface area (Å²) in [6.45, 7) is 11.0. The second-order valence-corrected chi connectivity index (χ2v) is 17.1. The molecule has 0 aliphatic carbocycles. The Balaban J connectivity index is 0.000000238. The number of aromatic nitrogens is 2. The van der Waals surface area contributed by atoms with Crippen molar-refractivity contribution in [2.24, 2.45) is 5.16 Å². The molecule has 2 aromatic heterocycles. The first-order valence-electron chi connectivity index (χ1n) is 20.8. The highest BCUT2D eigenvalue weighted by Crippen LogP contribution is 2.22. The summed E-state index contributed by atoms with van der Waals surface area (Å²) in [7, 11) is 0. The maximum absolute atomic E-state index is 13.5. The molecule has 0 aliphatic rings. The van der Waals surface area contributed by atoms with Crippen LogP contribution in [-0.2, 0) is 31.9 Å². The fourth-order valence-corrected chi connectivity index (χ4v) is 7.03. The lowest BCUT2D eigenvalue weighted by molar-refractivity contribution is -0.156. The van der Waals surface area contributed by atoms with Crippen molar-refractivity contribution < 1.29 is 33.1 Å². The SMILES string of the molecule is CC(C)(C)OC(=O)CCCCc1cc2cc(/C=N/O)ccc2c(=O)n1-c1ccc(F)cc1.CC(C)(C)OC(=O)CCCCc1cc2cc(C#N)ccc2c(=O)n1-c1ccc(F)cc1. The largest absolute Gasteiger partial charge is 0.460 e. The number of ether oxygens (including phenoxy) is 2. The minimum Gasteiger partial charge on any atom is -0.460 e. The molecule has 0 bridgehead atoms. The molecular weight excluding hydrogens is 807 g/mol. The van der Waals surface area contributed by atoms with Crippen molar-refractivity contribution in [3.05, 3.63) is 152 Å². The van der Waals surface area contributed by atoms with Crippen LogP contribution in [0.3, 0.4) is 0 Å². The number of carbonyl (C=O) groups is 2. The molecule has 0 saturated heterocycles. The van der Waals surface area contributed by atoms with Crippen LogP contribution in [-0.4, -0.2) is 43.7 Å². The molecule has 0 unspecified atom stereocenters. The van der Waals surface area contributed by atoms with Gasteiger partial charge in [-0.2, -0.15) is 5.26 Å². The van der Waals surface area contributed by atoms with Gasteiger partial charge in [-0.05, 0) is 187 Å². The van der Waals surface area contributed by atoms with Crippen molar-refractivity contribution in [2.45, 2.75) is 104 Å². The molecule has 2 heterocycles. The molecular formula is C50H52F2N4O7. The van der Waals surface area contributed by atoms with E-state index < -0.39 is 11.2 Å². The van der Waals surface area contributed by atoms with Gasteiger partial charge in [0.1, 0.15) is 22.8 Å². The summed E-state index contributed by atoms with van der Waals surface area (Å²) < 4.78 is 40.7. The van der Waals surface area contributed by atoms with E-state index >= 15 is 0 Å². The lowest BCUT2D eigenvalue weighted by atomic mass is 10.0. The summed E-state index contributed by atoms with van der Waals surface area (Å²) in [5, 5.41) is 23.4. The molecule has 11 nitrogen and oxygen atoms in total. The van der Waals surface area contributed by atoms with Crippen LogP contribution < -0.4 is 11.1 Å². The number of pyridine rings is 2. The van der Waals surface area contributed by atoms with E-state index in [1.165, 1.54) is 30.5 Å².